The first-order valence-electron chi connectivity index (χ1n) is 8.49. The van der Waals surface area contributed by atoms with Crippen LogP contribution in [-0.4, -0.2) is 26.7 Å². The van der Waals surface area contributed by atoms with Gasteiger partial charge in [0.1, 0.15) is 0 Å². The molecule has 1 N–H and O–H groups in total. The van der Waals surface area contributed by atoms with Crippen LogP contribution in [0.1, 0.15) is 0 Å². The largest absolute Gasteiger partial charge is 0.493 e. The lowest BCUT2D eigenvalue weighted by Crippen LogP contribution is -1.98. The molecule has 5 rings (SSSR count). The van der Waals surface area contributed by atoms with Crippen LogP contribution in [0, 0.1) is 0 Å². The minimum Gasteiger partial charge on any atom is -0.493 e. The van der Waals surface area contributed by atoms with Crippen molar-refractivity contribution >= 4 is 0 Å². The number of benzene rings is 2. The lowest BCUT2D eigenvalue weighted by atomic mass is 10.0. The quantitative estimate of drug-likeness (QED) is 0.599. The smallest absolute Gasteiger partial charge is 0.231 e. The van der Waals surface area contributed by atoms with Crippen LogP contribution in [0.25, 0.3) is 28.2 Å². The normalized spacial score (nSPS) is 12.3. The zero-order valence-electron chi connectivity index (χ0n) is 14.2. The minimum absolute atomic E-state index is 0.0391. The fourth-order valence-electron chi connectivity index (χ4n) is 3.09. The van der Waals surface area contributed by atoms with Crippen LogP contribution in [0.5, 0.6) is 17.4 Å². The van der Waals surface area contributed by atoms with E-state index < -0.39 is 0 Å². The Labute approximate surface area is 155 Å². The average molecular weight is 357 g/mol. The zero-order chi connectivity index (χ0) is 18.2. The Bertz CT molecular complexity index is 1120. The standard InChI is InChI=1S/C21H15N3O3/c25-21-12-17(23-24(21)20-6-1-2-9-22-20)16-5-3-4-14(10-16)15-7-8-18-19(11-15)27-13-26-18/h1-12,25H,13H2. The molecule has 1 aliphatic rings. The molecule has 0 spiro atoms. The second-order valence-corrected chi connectivity index (χ2v) is 6.14. The molecule has 3 heterocycles. The lowest BCUT2D eigenvalue weighted by molar-refractivity contribution is 0.174. The van der Waals surface area contributed by atoms with Gasteiger partial charge in [-0.25, -0.2) is 4.98 Å². The predicted octanol–water partition coefficient (Wildman–Crippen LogP) is 4.04. The molecule has 0 saturated heterocycles. The van der Waals surface area contributed by atoms with Crippen LogP contribution in [0.2, 0.25) is 0 Å². The van der Waals surface area contributed by atoms with Gasteiger partial charge in [-0.3, -0.25) is 0 Å². The molecule has 132 valence electrons. The van der Waals surface area contributed by atoms with Gasteiger partial charge in [-0.1, -0.05) is 30.3 Å². The number of pyridine rings is 1. The van der Waals surface area contributed by atoms with Crippen LogP contribution < -0.4 is 9.47 Å². The number of fused-ring (bicyclic) bond motifs is 1. The summed E-state index contributed by atoms with van der Waals surface area (Å²) >= 11 is 0. The molecular formula is C21H15N3O3. The number of aromatic nitrogens is 3. The molecule has 0 saturated carbocycles. The third-order valence-corrected chi connectivity index (χ3v) is 4.42. The lowest BCUT2D eigenvalue weighted by Gasteiger charge is -2.05. The van der Waals surface area contributed by atoms with Crippen LogP contribution in [-0.2, 0) is 0 Å². The maximum atomic E-state index is 10.3. The molecule has 1 aliphatic heterocycles. The molecular weight excluding hydrogens is 342 g/mol. The van der Waals surface area contributed by atoms with Crippen molar-refractivity contribution in [2.24, 2.45) is 0 Å². The molecule has 27 heavy (non-hydrogen) atoms. The van der Waals surface area contributed by atoms with Crippen LogP contribution >= 0.6 is 0 Å². The number of hydrogen-bond donors (Lipinski definition) is 1. The fraction of sp³-hybridized carbons (Fsp3) is 0.0476. The average Bonchev–Trinajstić information content (AvgIpc) is 3.34. The Morgan fingerprint density at radius 1 is 0.815 bits per heavy atom. The van der Waals surface area contributed by atoms with Gasteiger partial charge < -0.3 is 14.6 Å². The van der Waals surface area contributed by atoms with Gasteiger partial charge in [0.2, 0.25) is 12.7 Å². The SMILES string of the molecule is Oc1cc(-c2cccc(-c3ccc4c(c3)OCO4)c2)nn1-c1ccccn1. The topological polar surface area (TPSA) is 69.4 Å². The van der Waals surface area contributed by atoms with E-state index in [-0.39, 0.29) is 12.7 Å². The first kappa shape index (κ1) is 15.5. The molecule has 4 aromatic rings. The molecule has 0 amide bonds. The number of ether oxygens (including phenoxy) is 2. The van der Waals surface area contributed by atoms with Gasteiger partial charge in [-0.2, -0.15) is 9.78 Å². The monoisotopic (exact) mass is 357 g/mol. The maximum Gasteiger partial charge on any atom is 0.231 e. The van der Waals surface area contributed by atoms with E-state index in [9.17, 15) is 5.11 Å². The molecule has 0 atom stereocenters. The van der Waals surface area contributed by atoms with E-state index in [0.717, 1.165) is 28.2 Å². The van der Waals surface area contributed by atoms with Gasteiger partial charge in [0.15, 0.2) is 17.3 Å². The van der Waals surface area contributed by atoms with E-state index in [1.54, 1.807) is 18.3 Å². The molecule has 6 heteroatoms. The summed E-state index contributed by atoms with van der Waals surface area (Å²) in [7, 11) is 0. The summed E-state index contributed by atoms with van der Waals surface area (Å²) in [4.78, 5) is 4.23. The van der Waals surface area contributed by atoms with Gasteiger partial charge in [0, 0.05) is 17.8 Å². The molecule has 0 bridgehead atoms. The van der Waals surface area contributed by atoms with Crippen molar-refractivity contribution in [3.63, 3.8) is 0 Å². The summed E-state index contributed by atoms with van der Waals surface area (Å²) in [5.74, 6) is 2.11. The summed E-state index contributed by atoms with van der Waals surface area (Å²) in [6, 6.07) is 20.9. The van der Waals surface area contributed by atoms with Crippen molar-refractivity contribution in [2.45, 2.75) is 0 Å². The van der Waals surface area contributed by atoms with Crippen molar-refractivity contribution in [1.29, 1.82) is 0 Å². The fourth-order valence-corrected chi connectivity index (χ4v) is 3.09. The molecule has 0 aliphatic carbocycles. The van der Waals surface area contributed by atoms with Crippen molar-refractivity contribution in [2.75, 3.05) is 6.79 Å². The third kappa shape index (κ3) is 2.77. The Morgan fingerprint density at radius 2 is 1.67 bits per heavy atom. The summed E-state index contributed by atoms with van der Waals surface area (Å²) in [6.07, 6.45) is 1.66. The van der Waals surface area contributed by atoms with Crippen molar-refractivity contribution in [3.8, 4) is 45.6 Å². The highest BCUT2D eigenvalue weighted by Crippen LogP contribution is 2.37. The van der Waals surface area contributed by atoms with Crippen molar-refractivity contribution in [3.05, 3.63) is 72.9 Å². The zero-order valence-corrected chi connectivity index (χ0v) is 14.2. The van der Waals surface area contributed by atoms with Gasteiger partial charge >= 0.3 is 0 Å². The molecule has 2 aromatic carbocycles. The second kappa shape index (κ2) is 6.17. The predicted molar refractivity (Wildman–Crippen MR) is 100 cm³/mol. The van der Waals surface area contributed by atoms with E-state index >= 15 is 0 Å². The summed E-state index contributed by atoms with van der Waals surface area (Å²) in [5.41, 5.74) is 3.61. The Kier molecular flexibility index (Phi) is 3.53. The highest BCUT2D eigenvalue weighted by atomic mass is 16.7. The summed E-state index contributed by atoms with van der Waals surface area (Å²) < 4.78 is 12.3. The van der Waals surface area contributed by atoms with Gasteiger partial charge in [-0.15, -0.1) is 0 Å². The molecule has 6 nitrogen and oxygen atoms in total. The first-order valence-corrected chi connectivity index (χ1v) is 8.49. The van der Waals surface area contributed by atoms with Crippen LogP contribution in [0.3, 0.4) is 0 Å². The van der Waals surface area contributed by atoms with Crippen molar-refractivity contribution in [1.82, 2.24) is 14.8 Å². The summed E-state index contributed by atoms with van der Waals surface area (Å²) in [5, 5.41) is 14.8. The van der Waals surface area contributed by atoms with Crippen molar-refractivity contribution < 1.29 is 14.6 Å². The van der Waals surface area contributed by atoms with Gasteiger partial charge in [0.25, 0.3) is 0 Å². The molecule has 0 fully saturated rings. The van der Waals surface area contributed by atoms with E-state index in [1.807, 2.05) is 54.6 Å². The van der Waals surface area contributed by atoms with E-state index in [4.69, 9.17) is 9.47 Å². The number of hydrogen-bond acceptors (Lipinski definition) is 5. The summed E-state index contributed by atoms with van der Waals surface area (Å²) in [6.45, 7) is 0.253. The van der Waals surface area contributed by atoms with Crippen LogP contribution in [0.4, 0.5) is 0 Å². The van der Waals surface area contributed by atoms with E-state index in [1.165, 1.54) is 4.68 Å². The molecule has 0 radical (unpaired) electrons. The Balaban J connectivity index is 1.53. The minimum atomic E-state index is 0.0391. The highest BCUT2D eigenvalue weighted by molar-refractivity contribution is 5.73. The first-order chi connectivity index (χ1) is 13.3. The van der Waals surface area contributed by atoms with E-state index in [0.29, 0.717) is 11.5 Å². The number of nitrogens with zero attached hydrogens (tertiary/aromatic N) is 3. The maximum absolute atomic E-state index is 10.3. The highest BCUT2D eigenvalue weighted by Gasteiger charge is 2.15. The molecule has 0 unspecified atom stereocenters. The number of rotatable bonds is 3. The van der Waals surface area contributed by atoms with E-state index in [2.05, 4.69) is 10.1 Å². The van der Waals surface area contributed by atoms with Gasteiger partial charge in [0.05, 0.1) is 5.69 Å². The second-order valence-electron chi connectivity index (χ2n) is 6.14. The van der Waals surface area contributed by atoms with Gasteiger partial charge in [-0.05, 0) is 41.5 Å². The third-order valence-electron chi connectivity index (χ3n) is 4.42. The molecule has 2 aromatic heterocycles. The Hall–Kier alpha value is -3.80. The van der Waals surface area contributed by atoms with Crippen LogP contribution in [0.15, 0.2) is 72.9 Å². The number of aromatic hydroxyl groups is 1. The Morgan fingerprint density at radius 3 is 2.56 bits per heavy atom.